The van der Waals surface area contributed by atoms with Crippen molar-refractivity contribution in [1.29, 1.82) is 5.26 Å². The Morgan fingerprint density at radius 1 is 1.14 bits per heavy atom. The molecule has 1 saturated carbocycles. The number of fused-ring (bicyclic) bond motifs is 2. The molecule has 2 aromatic rings. The molecule has 0 spiro atoms. The first-order valence-electron chi connectivity index (χ1n) is 7.10. The van der Waals surface area contributed by atoms with Crippen molar-refractivity contribution in [3.63, 3.8) is 0 Å². The van der Waals surface area contributed by atoms with Crippen molar-refractivity contribution in [2.24, 2.45) is 17.8 Å². The van der Waals surface area contributed by atoms with Gasteiger partial charge in [0.05, 0.1) is 23.1 Å². The standard InChI is InChI=1S/C16H12F3N3/c17-16(18,19)15-11-7-22(8-12(11)15)14-4-2-10-5-9(6-20)1-3-13(10)21-14/h1-5,11-12,15H,7-8H2/t11-,12+,15?. The van der Waals surface area contributed by atoms with E-state index in [1.807, 2.05) is 17.0 Å². The number of hydrogen-bond acceptors (Lipinski definition) is 3. The van der Waals surface area contributed by atoms with Crippen LogP contribution in [0.25, 0.3) is 10.9 Å². The summed E-state index contributed by atoms with van der Waals surface area (Å²) in [6.45, 7) is 0.841. The van der Waals surface area contributed by atoms with Crippen LogP contribution >= 0.6 is 0 Å². The van der Waals surface area contributed by atoms with Crippen LogP contribution in [-0.2, 0) is 0 Å². The third-order valence-electron chi connectivity index (χ3n) is 4.70. The number of nitrogens with zero attached hydrogens (tertiary/aromatic N) is 3. The third-order valence-corrected chi connectivity index (χ3v) is 4.70. The van der Waals surface area contributed by atoms with Crippen LogP contribution in [0.1, 0.15) is 5.56 Å². The van der Waals surface area contributed by atoms with E-state index in [4.69, 9.17) is 5.26 Å². The predicted octanol–water partition coefficient (Wildman–Crippen LogP) is 3.35. The summed E-state index contributed by atoms with van der Waals surface area (Å²) in [7, 11) is 0. The van der Waals surface area contributed by atoms with Crippen LogP contribution in [-0.4, -0.2) is 24.2 Å². The van der Waals surface area contributed by atoms with Gasteiger partial charge in [0, 0.05) is 18.5 Å². The minimum Gasteiger partial charge on any atom is -0.356 e. The van der Waals surface area contributed by atoms with Crippen molar-refractivity contribution >= 4 is 16.7 Å². The topological polar surface area (TPSA) is 39.9 Å². The maximum absolute atomic E-state index is 12.7. The average Bonchev–Trinajstić information content (AvgIpc) is 3.03. The highest BCUT2D eigenvalue weighted by atomic mass is 19.4. The van der Waals surface area contributed by atoms with Crippen molar-refractivity contribution in [3.8, 4) is 6.07 Å². The smallest absolute Gasteiger partial charge is 0.356 e. The molecule has 1 aliphatic carbocycles. The monoisotopic (exact) mass is 303 g/mol. The molecule has 3 atom stereocenters. The van der Waals surface area contributed by atoms with E-state index in [1.54, 1.807) is 18.2 Å². The van der Waals surface area contributed by atoms with E-state index in [0.29, 0.717) is 24.5 Å². The summed E-state index contributed by atoms with van der Waals surface area (Å²) in [5.41, 5.74) is 1.32. The van der Waals surface area contributed by atoms with Crippen molar-refractivity contribution in [3.05, 3.63) is 35.9 Å². The Bertz CT molecular complexity index is 781. The summed E-state index contributed by atoms with van der Waals surface area (Å²) in [4.78, 5) is 6.44. The number of halogens is 3. The first-order valence-corrected chi connectivity index (χ1v) is 7.10. The molecule has 1 unspecified atom stereocenters. The summed E-state index contributed by atoms with van der Waals surface area (Å²) >= 11 is 0. The molecule has 4 rings (SSSR count). The SMILES string of the molecule is N#Cc1ccc2nc(N3C[C@@H]4C(C(F)(F)F)[C@@H]4C3)ccc2c1. The molecule has 1 aromatic carbocycles. The van der Waals surface area contributed by atoms with E-state index in [2.05, 4.69) is 11.1 Å². The molecule has 0 radical (unpaired) electrons. The summed E-state index contributed by atoms with van der Waals surface area (Å²) in [5.74, 6) is -0.968. The lowest BCUT2D eigenvalue weighted by Gasteiger charge is -2.22. The van der Waals surface area contributed by atoms with Gasteiger partial charge in [-0.25, -0.2) is 4.98 Å². The molecular formula is C16H12F3N3. The van der Waals surface area contributed by atoms with Gasteiger partial charge in [0.15, 0.2) is 0 Å². The number of alkyl halides is 3. The van der Waals surface area contributed by atoms with E-state index in [0.717, 1.165) is 10.9 Å². The van der Waals surface area contributed by atoms with Gasteiger partial charge in [0.1, 0.15) is 5.82 Å². The number of nitriles is 1. The number of pyridine rings is 1. The van der Waals surface area contributed by atoms with Gasteiger partial charge in [-0.1, -0.05) is 0 Å². The van der Waals surface area contributed by atoms with E-state index in [-0.39, 0.29) is 11.8 Å². The van der Waals surface area contributed by atoms with Gasteiger partial charge in [-0.3, -0.25) is 0 Å². The molecule has 0 bridgehead atoms. The second kappa shape index (κ2) is 4.35. The van der Waals surface area contributed by atoms with Crippen LogP contribution in [0.4, 0.5) is 19.0 Å². The fraction of sp³-hybridized carbons (Fsp3) is 0.375. The average molecular weight is 303 g/mol. The molecule has 112 valence electrons. The van der Waals surface area contributed by atoms with Gasteiger partial charge in [-0.05, 0) is 42.2 Å². The lowest BCUT2D eigenvalue weighted by Crippen LogP contribution is -2.28. The van der Waals surface area contributed by atoms with Crippen molar-refractivity contribution in [2.75, 3.05) is 18.0 Å². The number of benzene rings is 1. The second-order valence-corrected chi connectivity index (χ2v) is 5.99. The largest absolute Gasteiger partial charge is 0.392 e. The predicted molar refractivity (Wildman–Crippen MR) is 75.2 cm³/mol. The molecule has 3 nitrogen and oxygen atoms in total. The fourth-order valence-electron chi connectivity index (χ4n) is 3.56. The minimum atomic E-state index is -4.06. The van der Waals surface area contributed by atoms with Crippen LogP contribution in [0.2, 0.25) is 0 Å². The van der Waals surface area contributed by atoms with Gasteiger partial charge in [0.2, 0.25) is 0 Å². The highest BCUT2D eigenvalue weighted by Gasteiger charge is 2.67. The number of anilines is 1. The lowest BCUT2D eigenvalue weighted by atomic mass is 10.1. The van der Waals surface area contributed by atoms with Gasteiger partial charge in [-0.15, -0.1) is 0 Å². The number of rotatable bonds is 1. The molecule has 2 aliphatic rings. The molecule has 0 N–H and O–H groups in total. The molecule has 2 fully saturated rings. The lowest BCUT2D eigenvalue weighted by molar-refractivity contribution is -0.154. The Morgan fingerprint density at radius 2 is 1.86 bits per heavy atom. The fourth-order valence-corrected chi connectivity index (χ4v) is 3.56. The highest BCUT2D eigenvalue weighted by Crippen LogP contribution is 2.59. The van der Waals surface area contributed by atoms with Crippen LogP contribution in [0.3, 0.4) is 0 Å². The highest BCUT2D eigenvalue weighted by molar-refractivity contribution is 5.81. The maximum Gasteiger partial charge on any atom is 0.392 e. The van der Waals surface area contributed by atoms with Crippen LogP contribution in [0.15, 0.2) is 30.3 Å². The zero-order valence-electron chi connectivity index (χ0n) is 11.5. The van der Waals surface area contributed by atoms with E-state index in [9.17, 15) is 13.2 Å². The normalized spacial score (nSPS) is 26.8. The zero-order chi connectivity index (χ0) is 15.5. The van der Waals surface area contributed by atoms with Gasteiger partial charge < -0.3 is 4.90 Å². The van der Waals surface area contributed by atoms with Crippen molar-refractivity contribution < 1.29 is 13.2 Å². The van der Waals surface area contributed by atoms with Crippen LogP contribution < -0.4 is 4.90 Å². The Labute approximate surface area is 125 Å². The summed E-state index contributed by atoms with van der Waals surface area (Å²) in [6.07, 6.45) is -4.06. The zero-order valence-corrected chi connectivity index (χ0v) is 11.5. The first kappa shape index (κ1) is 13.4. The van der Waals surface area contributed by atoms with Crippen LogP contribution in [0.5, 0.6) is 0 Å². The molecular weight excluding hydrogens is 291 g/mol. The maximum atomic E-state index is 12.7. The molecule has 0 amide bonds. The van der Waals surface area contributed by atoms with Crippen LogP contribution in [0, 0.1) is 29.1 Å². The molecule has 1 saturated heterocycles. The number of aromatic nitrogens is 1. The molecule has 1 aromatic heterocycles. The van der Waals surface area contributed by atoms with E-state index >= 15 is 0 Å². The van der Waals surface area contributed by atoms with E-state index in [1.165, 1.54) is 0 Å². The molecule has 1 aliphatic heterocycles. The van der Waals surface area contributed by atoms with E-state index < -0.39 is 12.1 Å². The summed E-state index contributed by atoms with van der Waals surface area (Å²) in [6, 6.07) is 11.0. The Hall–Kier alpha value is -2.29. The number of piperidine rings is 1. The summed E-state index contributed by atoms with van der Waals surface area (Å²) in [5, 5.41) is 9.74. The molecule has 2 heterocycles. The first-order chi connectivity index (χ1) is 10.5. The van der Waals surface area contributed by atoms with Gasteiger partial charge in [-0.2, -0.15) is 18.4 Å². The Morgan fingerprint density at radius 3 is 2.50 bits per heavy atom. The Balaban J connectivity index is 1.56. The molecule has 22 heavy (non-hydrogen) atoms. The summed E-state index contributed by atoms with van der Waals surface area (Å²) < 4.78 is 38.1. The van der Waals surface area contributed by atoms with Gasteiger partial charge in [0.25, 0.3) is 0 Å². The second-order valence-electron chi connectivity index (χ2n) is 5.99. The van der Waals surface area contributed by atoms with Crippen molar-refractivity contribution in [2.45, 2.75) is 6.18 Å². The number of hydrogen-bond donors (Lipinski definition) is 0. The quantitative estimate of drug-likeness (QED) is 0.811. The van der Waals surface area contributed by atoms with Gasteiger partial charge >= 0.3 is 6.18 Å². The van der Waals surface area contributed by atoms with Crippen molar-refractivity contribution in [1.82, 2.24) is 4.98 Å². The molecule has 6 heteroatoms. The minimum absolute atomic E-state index is 0.279. The Kier molecular flexibility index (Phi) is 2.65. The third kappa shape index (κ3) is 2.00.